The van der Waals surface area contributed by atoms with Crippen molar-refractivity contribution >= 4 is 0 Å². The largest absolute Gasteiger partial charge is 0.392 e. The van der Waals surface area contributed by atoms with Crippen molar-refractivity contribution in [3.05, 3.63) is 46.1 Å². The molecular weight excluding hydrogens is 259 g/mol. The maximum absolute atomic E-state index is 13.8. The summed E-state index contributed by atoms with van der Waals surface area (Å²) in [7, 11) is 0. The average Bonchev–Trinajstić information content (AvgIpc) is 2.37. The van der Waals surface area contributed by atoms with Crippen LogP contribution in [0.4, 0.5) is 13.2 Å². The molecule has 0 amide bonds. The zero-order chi connectivity index (χ0) is 14.6. The van der Waals surface area contributed by atoms with Gasteiger partial charge in [-0.2, -0.15) is 0 Å². The molecule has 0 fully saturated rings. The van der Waals surface area contributed by atoms with Gasteiger partial charge in [0.05, 0.1) is 6.10 Å². The van der Waals surface area contributed by atoms with Crippen LogP contribution in [0, 0.1) is 11.7 Å². The summed E-state index contributed by atoms with van der Waals surface area (Å²) in [6.45, 7) is 2.34. The Morgan fingerprint density at radius 3 is 2.42 bits per heavy atom. The highest BCUT2D eigenvalue weighted by Gasteiger charge is 2.42. The molecule has 0 heterocycles. The van der Waals surface area contributed by atoms with E-state index in [4.69, 9.17) is 5.53 Å². The van der Waals surface area contributed by atoms with Crippen molar-refractivity contribution < 1.29 is 18.3 Å². The topological polar surface area (TPSA) is 69.0 Å². The van der Waals surface area contributed by atoms with Gasteiger partial charge in [0.1, 0.15) is 11.4 Å². The molecule has 1 rings (SSSR count). The van der Waals surface area contributed by atoms with E-state index in [0.29, 0.717) is 0 Å². The first kappa shape index (κ1) is 15.3. The SMILES string of the molecule is C[C@H](C(F)F)[C@H](O)[C@](C)(N=[N+]=[N-])c1ccccc1F. The van der Waals surface area contributed by atoms with Gasteiger partial charge in [-0.25, -0.2) is 13.2 Å². The van der Waals surface area contributed by atoms with Gasteiger partial charge in [-0.1, -0.05) is 30.2 Å². The van der Waals surface area contributed by atoms with E-state index in [9.17, 15) is 18.3 Å². The second kappa shape index (κ2) is 5.95. The first-order chi connectivity index (χ1) is 8.84. The molecule has 0 aromatic heterocycles. The number of hydrogen-bond donors (Lipinski definition) is 1. The second-order valence-electron chi connectivity index (χ2n) is 4.46. The fourth-order valence-electron chi connectivity index (χ4n) is 1.89. The number of hydrogen-bond acceptors (Lipinski definition) is 2. The zero-order valence-corrected chi connectivity index (χ0v) is 10.5. The fourth-order valence-corrected chi connectivity index (χ4v) is 1.89. The summed E-state index contributed by atoms with van der Waals surface area (Å²) in [6.07, 6.45) is -4.52. The van der Waals surface area contributed by atoms with Gasteiger partial charge in [-0.3, -0.25) is 0 Å². The quantitative estimate of drug-likeness (QED) is 0.497. The number of alkyl halides is 2. The molecule has 0 spiro atoms. The summed E-state index contributed by atoms with van der Waals surface area (Å²) in [6, 6.07) is 5.30. The molecule has 0 aliphatic rings. The fraction of sp³-hybridized carbons (Fsp3) is 0.500. The van der Waals surface area contributed by atoms with Crippen LogP contribution in [-0.2, 0) is 5.54 Å². The van der Waals surface area contributed by atoms with E-state index in [1.807, 2.05) is 0 Å². The predicted molar refractivity (Wildman–Crippen MR) is 64.1 cm³/mol. The summed E-state index contributed by atoms with van der Waals surface area (Å²) in [4.78, 5) is 2.54. The molecule has 104 valence electrons. The third-order valence-corrected chi connectivity index (χ3v) is 3.14. The number of benzene rings is 1. The van der Waals surface area contributed by atoms with E-state index in [0.717, 1.165) is 13.0 Å². The Hall–Kier alpha value is -1.72. The summed E-state index contributed by atoms with van der Waals surface area (Å²) >= 11 is 0. The third kappa shape index (κ3) is 3.00. The zero-order valence-electron chi connectivity index (χ0n) is 10.5. The van der Waals surface area contributed by atoms with E-state index in [2.05, 4.69) is 10.0 Å². The Labute approximate surface area is 108 Å². The molecule has 4 nitrogen and oxygen atoms in total. The lowest BCUT2D eigenvalue weighted by Gasteiger charge is -2.34. The van der Waals surface area contributed by atoms with Crippen LogP contribution in [0.1, 0.15) is 19.4 Å². The molecule has 3 atom stereocenters. The molecule has 0 radical (unpaired) electrons. The van der Waals surface area contributed by atoms with Crippen LogP contribution in [0.15, 0.2) is 29.4 Å². The van der Waals surface area contributed by atoms with E-state index in [1.54, 1.807) is 0 Å². The van der Waals surface area contributed by atoms with Crippen LogP contribution in [0.2, 0.25) is 0 Å². The van der Waals surface area contributed by atoms with E-state index >= 15 is 0 Å². The number of aliphatic hydroxyl groups is 1. The standard InChI is InChI=1S/C12H14F3N3O/c1-7(11(14)15)10(19)12(2,17-18-16)8-5-3-4-6-9(8)13/h3-7,10-11,19H,1-2H3/t7-,10-,12+/m0/s1. The van der Waals surface area contributed by atoms with Crippen LogP contribution in [0.25, 0.3) is 10.4 Å². The summed E-state index contributed by atoms with van der Waals surface area (Å²) < 4.78 is 39.1. The number of nitrogens with zero attached hydrogens (tertiary/aromatic N) is 3. The Morgan fingerprint density at radius 1 is 1.37 bits per heavy atom. The smallest absolute Gasteiger partial charge is 0.243 e. The molecule has 0 bridgehead atoms. The van der Waals surface area contributed by atoms with Gasteiger partial charge in [0.2, 0.25) is 6.43 Å². The Kier molecular flexibility index (Phi) is 4.80. The molecule has 1 aromatic rings. The monoisotopic (exact) mass is 273 g/mol. The van der Waals surface area contributed by atoms with Crippen molar-refractivity contribution in [3.8, 4) is 0 Å². The van der Waals surface area contributed by atoms with Gasteiger partial charge >= 0.3 is 0 Å². The van der Waals surface area contributed by atoms with Gasteiger partial charge in [-0.05, 0) is 18.5 Å². The molecule has 1 N–H and O–H groups in total. The van der Waals surface area contributed by atoms with Gasteiger partial charge in [0.15, 0.2) is 0 Å². The molecule has 0 saturated heterocycles. The molecular formula is C12H14F3N3O. The Morgan fingerprint density at radius 2 is 1.95 bits per heavy atom. The number of rotatable bonds is 5. The van der Waals surface area contributed by atoms with Crippen molar-refractivity contribution in [2.45, 2.75) is 31.9 Å². The lowest BCUT2D eigenvalue weighted by atomic mass is 9.81. The number of aliphatic hydroxyl groups excluding tert-OH is 1. The highest BCUT2D eigenvalue weighted by Crippen LogP contribution is 2.36. The molecule has 1 aromatic carbocycles. The molecule has 19 heavy (non-hydrogen) atoms. The van der Waals surface area contributed by atoms with Crippen LogP contribution in [-0.4, -0.2) is 17.6 Å². The molecule has 0 saturated carbocycles. The third-order valence-electron chi connectivity index (χ3n) is 3.14. The van der Waals surface area contributed by atoms with Crippen LogP contribution in [0.5, 0.6) is 0 Å². The Bertz CT molecular complexity index is 491. The lowest BCUT2D eigenvalue weighted by molar-refractivity contribution is -0.0343. The normalized spacial score (nSPS) is 17.4. The molecule has 0 aliphatic carbocycles. The molecule has 0 aliphatic heterocycles. The summed E-state index contributed by atoms with van der Waals surface area (Å²) in [5.41, 5.74) is 6.65. The first-order valence-electron chi connectivity index (χ1n) is 5.62. The van der Waals surface area contributed by atoms with Crippen molar-refractivity contribution in [2.24, 2.45) is 11.0 Å². The van der Waals surface area contributed by atoms with Gasteiger partial charge < -0.3 is 5.11 Å². The molecule has 7 heteroatoms. The second-order valence-corrected chi connectivity index (χ2v) is 4.46. The van der Waals surface area contributed by atoms with E-state index in [1.165, 1.54) is 25.1 Å². The first-order valence-corrected chi connectivity index (χ1v) is 5.62. The lowest BCUT2D eigenvalue weighted by Crippen LogP contribution is -2.42. The Balaban J connectivity index is 3.33. The van der Waals surface area contributed by atoms with Gasteiger partial charge in [-0.15, -0.1) is 0 Å². The predicted octanol–water partition coefficient (Wildman–Crippen LogP) is 3.61. The van der Waals surface area contributed by atoms with E-state index < -0.39 is 29.8 Å². The highest BCUT2D eigenvalue weighted by atomic mass is 19.3. The summed E-state index contributed by atoms with van der Waals surface area (Å²) in [5.74, 6) is -2.19. The van der Waals surface area contributed by atoms with Crippen LogP contribution in [0.3, 0.4) is 0 Å². The summed E-state index contributed by atoms with van der Waals surface area (Å²) in [5, 5.41) is 13.4. The minimum absolute atomic E-state index is 0.118. The number of azide groups is 1. The van der Waals surface area contributed by atoms with Crippen molar-refractivity contribution in [3.63, 3.8) is 0 Å². The van der Waals surface area contributed by atoms with Crippen LogP contribution < -0.4 is 0 Å². The van der Waals surface area contributed by atoms with Crippen LogP contribution >= 0.6 is 0 Å². The minimum atomic E-state index is -2.81. The van der Waals surface area contributed by atoms with E-state index in [-0.39, 0.29) is 5.56 Å². The van der Waals surface area contributed by atoms with Gasteiger partial charge in [0, 0.05) is 16.4 Å². The van der Waals surface area contributed by atoms with Crippen molar-refractivity contribution in [1.82, 2.24) is 0 Å². The average molecular weight is 273 g/mol. The highest BCUT2D eigenvalue weighted by molar-refractivity contribution is 5.27. The number of halogens is 3. The minimum Gasteiger partial charge on any atom is -0.392 e. The maximum Gasteiger partial charge on any atom is 0.243 e. The molecule has 0 unspecified atom stereocenters. The van der Waals surface area contributed by atoms with Crippen molar-refractivity contribution in [2.75, 3.05) is 0 Å². The van der Waals surface area contributed by atoms with Gasteiger partial charge in [0.25, 0.3) is 0 Å². The van der Waals surface area contributed by atoms with Crippen molar-refractivity contribution in [1.29, 1.82) is 0 Å². The maximum atomic E-state index is 13.8.